The molecule has 0 aliphatic heterocycles. The lowest BCUT2D eigenvalue weighted by atomic mass is 10.3. The topological polar surface area (TPSA) is 58.4 Å². The van der Waals surface area contributed by atoms with Crippen LogP contribution in [0.5, 0.6) is 0 Å². The standard InChI is InChI=1S/C16H15ClN4O/c1-11-4-2-7-15-19-14(10-21(11)15)9-18-16(22)20-13-6-3-5-12(17)8-13/h2-8,10H,9H2,1H3,(H2,18,20,22). The number of aromatic nitrogens is 2. The van der Waals surface area contributed by atoms with E-state index in [1.54, 1.807) is 24.3 Å². The van der Waals surface area contributed by atoms with Crippen LogP contribution in [-0.2, 0) is 6.54 Å². The molecule has 2 heterocycles. The molecule has 0 saturated carbocycles. The van der Waals surface area contributed by atoms with Crippen molar-refractivity contribution in [2.45, 2.75) is 13.5 Å². The molecule has 5 nitrogen and oxygen atoms in total. The van der Waals surface area contributed by atoms with E-state index in [0.29, 0.717) is 17.3 Å². The largest absolute Gasteiger partial charge is 0.332 e. The van der Waals surface area contributed by atoms with Crippen LogP contribution in [0.1, 0.15) is 11.4 Å². The van der Waals surface area contributed by atoms with E-state index in [1.165, 1.54) is 0 Å². The molecule has 0 aliphatic rings. The van der Waals surface area contributed by atoms with Crippen LogP contribution in [-0.4, -0.2) is 15.4 Å². The molecule has 0 spiro atoms. The number of pyridine rings is 1. The first kappa shape index (κ1) is 14.4. The van der Waals surface area contributed by atoms with Crippen molar-refractivity contribution in [1.29, 1.82) is 0 Å². The highest BCUT2D eigenvalue weighted by molar-refractivity contribution is 6.30. The van der Waals surface area contributed by atoms with E-state index >= 15 is 0 Å². The van der Waals surface area contributed by atoms with E-state index in [9.17, 15) is 4.79 Å². The lowest BCUT2D eigenvalue weighted by molar-refractivity contribution is 0.251. The van der Waals surface area contributed by atoms with Crippen LogP contribution < -0.4 is 10.6 Å². The van der Waals surface area contributed by atoms with Gasteiger partial charge in [-0.25, -0.2) is 9.78 Å². The van der Waals surface area contributed by atoms with Crippen molar-refractivity contribution >= 4 is 29.0 Å². The van der Waals surface area contributed by atoms with Crippen LogP contribution in [0.25, 0.3) is 5.65 Å². The van der Waals surface area contributed by atoms with Crippen LogP contribution in [0.3, 0.4) is 0 Å². The van der Waals surface area contributed by atoms with Gasteiger partial charge in [-0.05, 0) is 37.3 Å². The number of anilines is 1. The molecule has 3 aromatic rings. The Balaban J connectivity index is 1.63. The van der Waals surface area contributed by atoms with Gasteiger partial charge in [0.05, 0.1) is 12.2 Å². The molecule has 0 atom stereocenters. The van der Waals surface area contributed by atoms with Crippen molar-refractivity contribution in [2.75, 3.05) is 5.32 Å². The van der Waals surface area contributed by atoms with Crippen molar-refractivity contribution in [3.05, 3.63) is 65.1 Å². The number of hydrogen-bond donors (Lipinski definition) is 2. The van der Waals surface area contributed by atoms with E-state index < -0.39 is 0 Å². The lowest BCUT2D eigenvalue weighted by Crippen LogP contribution is -2.28. The van der Waals surface area contributed by atoms with Gasteiger partial charge < -0.3 is 15.0 Å². The monoisotopic (exact) mass is 314 g/mol. The average Bonchev–Trinajstić information content (AvgIpc) is 2.90. The third-order valence-electron chi connectivity index (χ3n) is 3.26. The van der Waals surface area contributed by atoms with Gasteiger partial charge in [0.2, 0.25) is 0 Å². The number of fused-ring (bicyclic) bond motifs is 1. The van der Waals surface area contributed by atoms with Gasteiger partial charge in [-0.3, -0.25) is 0 Å². The first-order valence-electron chi connectivity index (χ1n) is 6.86. The van der Waals surface area contributed by atoms with Crippen LogP contribution in [0.2, 0.25) is 5.02 Å². The van der Waals surface area contributed by atoms with Gasteiger partial charge in [0.15, 0.2) is 0 Å². The summed E-state index contributed by atoms with van der Waals surface area (Å²) in [5.41, 5.74) is 3.41. The van der Waals surface area contributed by atoms with Gasteiger partial charge in [0, 0.05) is 22.6 Å². The van der Waals surface area contributed by atoms with Crippen molar-refractivity contribution in [3.8, 4) is 0 Å². The van der Waals surface area contributed by atoms with Crippen molar-refractivity contribution in [1.82, 2.24) is 14.7 Å². The Morgan fingerprint density at radius 3 is 2.86 bits per heavy atom. The number of urea groups is 1. The number of aryl methyl sites for hydroxylation is 1. The van der Waals surface area contributed by atoms with Crippen molar-refractivity contribution < 1.29 is 4.79 Å². The molecular formula is C16H15ClN4O. The normalized spacial score (nSPS) is 10.6. The minimum Gasteiger partial charge on any atom is -0.332 e. The van der Waals surface area contributed by atoms with E-state index in [-0.39, 0.29) is 6.03 Å². The molecule has 6 heteroatoms. The summed E-state index contributed by atoms with van der Waals surface area (Å²) in [7, 11) is 0. The Hall–Kier alpha value is -2.53. The minimum absolute atomic E-state index is 0.295. The fraction of sp³-hybridized carbons (Fsp3) is 0.125. The highest BCUT2D eigenvalue weighted by atomic mass is 35.5. The highest BCUT2D eigenvalue weighted by Gasteiger charge is 2.06. The Labute approximate surface area is 132 Å². The molecular weight excluding hydrogens is 300 g/mol. The number of hydrogen-bond acceptors (Lipinski definition) is 2. The number of benzene rings is 1. The summed E-state index contributed by atoms with van der Waals surface area (Å²) >= 11 is 5.88. The third-order valence-corrected chi connectivity index (χ3v) is 3.49. The summed E-state index contributed by atoms with van der Waals surface area (Å²) in [5.74, 6) is 0. The summed E-state index contributed by atoms with van der Waals surface area (Å²) < 4.78 is 1.99. The van der Waals surface area contributed by atoms with Gasteiger partial charge >= 0.3 is 6.03 Å². The van der Waals surface area contributed by atoms with Crippen LogP contribution >= 0.6 is 11.6 Å². The number of imidazole rings is 1. The fourth-order valence-corrected chi connectivity index (χ4v) is 2.39. The van der Waals surface area contributed by atoms with Crippen molar-refractivity contribution in [3.63, 3.8) is 0 Å². The first-order chi connectivity index (χ1) is 10.6. The predicted molar refractivity (Wildman–Crippen MR) is 87.2 cm³/mol. The van der Waals surface area contributed by atoms with E-state index in [2.05, 4.69) is 15.6 Å². The fourth-order valence-electron chi connectivity index (χ4n) is 2.20. The van der Waals surface area contributed by atoms with Crippen LogP contribution in [0.4, 0.5) is 10.5 Å². The minimum atomic E-state index is -0.295. The van der Waals surface area contributed by atoms with Crippen molar-refractivity contribution in [2.24, 2.45) is 0 Å². The second-order valence-electron chi connectivity index (χ2n) is 4.95. The smallest absolute Gasteiger partial charge is 0.319 e. The maximum atomic E-state index is 11.9. The molecule has 0 unspecified atom stereocenters. The molecule has 0 aliphatic carbocycles. The molecule has 2 N–H and O–H groups in total. The maximum absolute atomic E-state index is 11.9. The highest BCUT2D eigenvalue weighted by Crippen LogP contribution is 2.14. The number of carbonyl (C=O) groups is 1. The lowest BCUT2D eigenvalue weighted by Gasteiger charge is -2.06. The summed E-state index contributed by atoms with van der Waals surface area (Å²) in [5, 5.41) is 6.08. The van der Waals surface area contributed by atoms with Gasteiger partial charge in [-0.2, -0.15) is 0 Å². The number of amides is 2. The molecule has 0 bridgehead atoms. The zero-order valence-corrected chi connectivity index (χ0v) is 12.8. The Morgan fingerprint density at radius 1 is 1.27 bits per heavy atom. The van der Waals surface area contributed by atoms with E-state index in [1.807, 2.05) is 35.7 Å². The van der Waals surface area contributed by atoms with Crippen LogP contribution in [0.15, 0.2) is 48.7 Å². The molecule has 1 aromatic carbocycles. The summed E-state index contributed by atoms with van der Waals surface area (Å²) in [6, 6.07) is 12.6. The third kappa shape index (κ3) is 3.20. The number of halogens is 1. The SMILES string of the molecule is Cc1cccc2nc(CNC(=O)Nc3cccc(Cl)c3)cn12. The molecule has 2 amide bonds. The predicted octanol–water partition coefficient (Wildman–Crippen LogP) is 3.62. The number of carbonyl (C=O) groups excluding carboxylic acids is 1. The zero-order chi connectivity index (χ0) is 15.5. The maximum Gasteiger partial charge on any atom is 0.319 e. The first-order valence-corrected chi connectivity index (χ1v) is 7.23. The molecule has 0 fully saturated rings. The van der Waals surface area contributed by atoms with Gasteiger partial charge in [-0.15, -0.1) is 0 Å². The number of nitrogens with zero attached hydrogens (tertiary/aromatic N) is 2. The van der Waals surface area contributed by atoms with E-state index in [4.69, 9.17) is 11.6 Å². The molecule has 0 saturated heterocycles. The molecule has 2 aromatic heterocycles. The molecule has 3 rings (SSSR count). The quantitative estimate of drug-likeness (QED) is 0.775. The number of rotatable bonds is 3. The number of nitrogens with one attached hydrogen (secondary N) is 2. The second kappa shape index (κ2) is 6.07. The van der Waals surface area contributed by atoms with E-state index in [0.717, 1.165) is 17.0 Å². The molecule has 112 valence electrons. The van der Waals surface area contributed by atoms with Gasteiger partial charge in [0.25, 0.3) is 0 Å². The molecule has 0 radical (unpaired) electrons. The second-order valence-corrected chi connectivity index (χ2v) is 5.38. The van der Waals surface area contributed by atoms with Gasteiger partial charge in [-0.1, -0.05) is 23.7 Å². The Kier molecular flexibility index (Phi) is 3.98. The average molecular weight is 315 g/mol. The summed E-state index contributed by atoms with van der Waals surface area (Å²) in [6.07, 6.45) is 1.92. The summed E-state index contributed by atoms with van der Waals surface area (Å²) in [6.45, 7) is 2.37. The van der Waals surface area contributed by atoms with Crippen LogP contribution in [0, 0.1) is 6.92 Å². The Bertz CT molecular complexity index is 828. The summed E-state index contributed by atoms with van der Waals surface area (Å²) in [4.78, 5) is 16.3. The van der Waals surface area contributed by atoms with Gasteiger partial charge in [0.1, 0.15) is 5.65 Å². The molecule has 22 heavy (non-hydrogen) atoms. The Morgan fingerprint density at radius 2 is 2.09 bits per heavy atom. The zero-order valence-electron chi connectivity index (χ0n) is 12.0.